The highest BCUT2D eigenvalue weighted by Gasteiger charge is 2.16. The molecular formula is C17H19ClN2O3S. The van der Waals surface area contributed by atoms with Crippen LogP contribution in [0.5, 0.6) is 0 Å². The largest absolute Gasteiger partial charge is 0.348 e. The molecule has 0 aliphatic heterocycles. The summed E-state index contributed by atoms with van der Waals surface area (Å²) in [5.41, 5.74) is 1.93. The molecule has 0 unspecified atom stereocenters. The van der Waals surface area contributed by atoms with E-state index in [1.54, 1.807) is 43.3 Å². The molecule has 24 heavy (non-hydrogen) atoms. The Morgan fingerprint density at radius 3 is 2.21 bits per heavy atom. The van der Waals surface area contributed by atoms with Crippen LogP contribution in [-0.2, 0) is 16.6 Å². The lowest BCUT2D eigenvalue weighted by atomic mass is 10.2. The van der Waals surface area contributed by atoms with E-state index in [4.69, 9.17) is 11.6 Å². The lowest BCUT2D eigenvalue weighted by Gasteiger charge is -2.18. The minimum Gasteiger partial charge on any atom is -0.348 e. The van der Waals surface area contributed by atoms with Gasteiger partial charge in [0.05, 0.1) is 11.4 Å². The van der Waals surface area contributed by atoms with Crippen LogP contribution >= 0.6 is 11.6 Å². The van der Waals surface area contributed by atoms with E-state index >= 15 is 0 Å². The van der Waals surface area contributed by atoms with Gasteiger partial charge >= 0.3 is 0 Å². The Hall–Kier alpha value is -2.05. The number of rotatable bonds is 6. The molecular weight excluding hydrogens is 348 g/mol. The molecule has 0 aliphatic carbocycles. The molecule has 7 heteroatoms. The molecule has 2 rings (SSSR count). The Morgan fingerprint density at radius 2 is 1.67 bits per heavy atom. The van der Waals surface area contributed by atoms with Crippen LogP contribution in [0, 0.1) is 0 Å². The van der Waals surface area contributed by atoms with Crippen LogP contribution in [0.1, 0.15) is 22.8 Å². The van der Waals surface area contributed by atoms with Crippen molar-refractivity contribution in [3.63, 3.8) is 0 Å². The summed E-state index contributed by atoms with van der Waals surface area (Å²) >= 11 is 5.82. The molecule has 0 spiro atoms. The summed E-state index contributed by atoms with van der Waals surface area (Å²) in [6.45, 7) is 1.98. The Morgan fingerprint density at radius 1 is 1.08 bits per heavy atom. The second-order valence-corrected chi connectivity index (χ2v) is 7.95. The molecule has 2 aromatic carbocycles. The van der Waals surface area contributed by atoms with E-state index < -0.39 is 10.0 Å². The van der Waals surface area contributed by atoms with Crippen molar-refractivity contribution in [1.82, 2.24) is 5.32 Å². The van der Waals surface area contributed by atoms with Crippen molar-refractivity contribution in [2.24, 2.45) is 0 Å². The van der Waals surface area contributed by atoms with E-state index in [-0.39, 0.29) is 11.7 Å². The number of nitrogens with zero attached hydrogens (tertiary/aromatic N) is 1. The highest BCUT2D eigenvalue weighted by atomic mass is 35.5. The van der Waals surface area contributed by atoms with Gasteiger partial charge in [0.1, 0.15) is 0 Å². The fourth-order valence-electron chi connectivity index (χ4n) is 2.06. The fraction of sp³-hybridized carbons (Fsp3) is 0.235. The van der Waals surface area contributed by atoms with Crippen LogP contribution in [0.3, 0.4) is 0 Å². The summed E-state index contributed by atoms with van der Waals surface area (Å²) in [5.74, 6) is -0.204. The van der Waals surface area contributed by atoms with Crippen molar-refractivity contribution < 1.29 is 13.2 Å². The van der Waals surface area contributed by atoms with Crippen LogP contribution in [0.25, 0.3) is 0 Å². The number of hydrogen-bond donors (Lipinski definition) is 1. The number of carbonyl (C=O) groups excluding carboxylic acids is 1. The van der Waals surface area contributed by atoms with Gasteiger partial charge in [-0.25, -0.2) is 8.42 Å². The molecule has 2 aromatic rings. The predicted octanol–water partition coefficient (Wildman–Crippen LogP) is 3.06. The predicted molar refractivity (Wildman–Crippen MR) is 96.9 cm³/mol. The number of sulfonamides is 1. The van der Waals surface area contributed by atoms with Gasteiger partial charge in [0.2, 0.25) is 10.0 Å². The van der Waals surface area contributed by atoms with Crippen molar-refractivity contribution in [2.75, 3.05) is 17.1 Å². The highest BCUT2D eigenvalue weighted by molar-refractivity contribution is 7.92. The van der Waals surface area contributed by atoms with Gasteiger partial charge in [-0.2, -0.15) is 0 Å². The number of amides is 1. The van der Waals surface area contributed by atoms with Gasteiger partial charge in [0.15, 0.2) is 0 Å². The third kappa shape index (κ3) is 4.49. The van der Waals surface area contributed by atoms with E-state index in [2.05, 4.69) is 5.32 Å². The van der Waals surface area contributed by atoms with Crippen LogP contribution in [0.2, 0.25) is 5.02 Å². The van der Waals surface area contributed by atoms with Gasteiger partial charge in [-0.1, -0.05) is 23.7 Å². The lowest BCUT2D eigenvalue weighted by Crippen LogP contribution is -2.28. The second-order valence-electron chi connectivity index (χ2n) is 5.22. The molecule has 0 saturated heterocycles. The van der Waals surface area contributed by atoms with Gasteiger partial charge in [-0.3, -0.25) is 9.10 Å². The van der Waals surface area contributed by atoms with Gasteiger partial charge in [-0.15, -0.1) is 0 Å². The van der Waals surface area contributed by atoms with Crippen LogP contribution in [0.15, 0.2) is 48.5 Å². The maximum Gasteiger partial charge on any atom is 0.251 e. The number of hydrogen-bond acceptors (Lipinski definition) is 3. The second kappa shape index (κ2) is 7.68. The lowest BCUT2D eigenvalue weighted by molar-refractivity contribution is 0.0951. The van der Waals surface area contributed by atoms with Crippen LogP contribution in [-0.4, -0.2) is 27.1 Å². The topological polar surface area (TPSA) is 66.5 Å². The van der Waals surface area contributed by atoms with Crippen molar-refractivity contribution in [3.05, 3.63) is 64.7 Å². The quantitative estimate of drug-likeness (QED) is 0.854. The number of benzene rings is 2. The monoisotopic (exact) mass is 366 g/mol. The molecule has 5 nitrogen and oxygen atoms in total. The van der Waals surface area contributed by atoms with E-state index in [1.807, 2.05) is 12.1 Å². The van der Waals surface area contributed by atoms with E-state index in [0.29, 0.717) is 22.8 Å². The molecule has 1 amide bonds. The fourth-order valence-corrected chi connectivity index (χ4v) is 3.02. The Kier molecular flexibility index (Phi) is 5.85. The third-order valence-electron chi connectivity index (χ3n) is 3.64. The van der Waals surface area contributed by atoms with Crippen molar-refractivity contribution in [3.8, 4) is 0 Å². The number of carbonyl (C=O) groups is 1. The van der Waals surface area contributed by atoms with Gasteiger partial charge in [0.25, 0.3) is 5.91 Å². The smallest absolute Gasteiger partial charge is 0.251 e. The minimum absolute atomic E-state index is 0.0207. The van der Waals surface area contributed by atoms with E-state index in [1.165, 1.54) is 11.4 Å². The maximum atomic E-state index is 12.2. The van der Waals surface area contributed by atoms with E-state index in [9.17, 15) is 13.2 Å². The third-order valence-corrected chi connectivity index (χ3v) is 5.67. The first-order chi connectivity index (χ1) is 11.3. The first-order valence-electron chi connectivity index (χ1n) is 7.43. The van der Waals surface area contributed by atoms with Crippen molar-refractivity contribution in [1.29, 1.82) is 0 Å². The summed E-state index contributed by atoms with van der Waals surface area (Å²) in [5, 5.41) is 3.46. The zero-order chi connectivity index (χ0) is 17.7. The van der Waals surface area contributed by atoms with Crippen molar-refractivity contribution >= 4 is 33.2 Å². The molecule has 0 fully saturated rings. The summed E-state index contributed by atoms with van der Waals surface area (Å²) in [7, 11) is -1.82. The van der Waals surface area contributed by atoms with Crippen molar-refractivity contribution in [2.45, 2.75) is 13.5 Å². The first kappa shape index (κ1) is 18.3. The molecule has 128 valence electrons. The zero-order valence-electron chi connectivity index (χ0n) is 13.5. The van der Waals surface area contributed by atoms with Gasteiger partial charge in [-0.05, 0) is 48.9 Å². The number of anilines is 1. The molecule has 0 aliphatic rings. The summed E-state index contributed by atoms with van der Waals surface area (Å²) in [6, 6.07) is 13.7. The Bertz CT molecular complexity index is 803. The molecule has 1 N–H and O–H groups in total. The zero-order valence-corrected chi connectivity index (χ0v) is 15.1. The molecule has 0 atom stereocenters. The van der Waals surface area contributed by atoms with Crippen LogP contribution in [0.4, 0.5) is 5.69 Å². The summed E-state index contributed by atoms with van der Waals surface area (Å²) in [6.07, 6.45) is 0. The Balaban J connectivity index is 2.02. The maximum absolute atomic E-state index is 12.2. The summed E-state index contributed by atoms with van der Waals surface area (Å²) in [4.78, 5) is 12.2. The summed E-state index contributed by atoms with van der Waals surface area (Å²) < 4.78 is 24.9. The molecule has 0 aromatic heterocycles. The highest BCUT2D eigenvalue weighted by Crippen LogP contribution is 2.17. The average Bonchev–Trinajstić information content (AvgIpc) is 2.60. The molecule has 0 radical (unpaired) electrons. The van der Waals surface area contributed by atoms with E-state index in [0.717, 1.165) is 5.56 Å². The molecule has 0 saturated carbocycles. The standard InChI is InChI=1S/C17H19ClN2O3S/c1-3-24(22,23)20(2)16-10-6-14(7-11-16)17(21)19-12-13-4-8-15(18)9-5-13/h4-11H,3,12H2,1-2H3,(H,19,21). The average molecular weight is 367 g/mol. The Labute approximate surface area is 147 Å². The SMILES string of the molecule is CCS(=O)(=O)N(C)c1ccc(C(=O)NCc2ccc(Cl)cc2)cc1. The molecule has 0 bridgehead atoms. The normalized spacial score (nSPS) is 11.1. The van der Waals surface area contributed by atoms with Gasteiger partial charge < -0.3 is 5.32 Å². The molecule has 0 heterocycles. The van der Waals surface area contributed by atoms with Crippen LogP contribution < -0.4 is 9.62 Å². The number of nitrogens with one attached hydrogen (secondary N) is 1. The van der Waals surface area contributed by atoms with Gasteiger partial charge in [0, 0.05) is 24.2 Å². The number of halogens is 1. The first-order valence-corrected chi connectivity index (χ1v) is 9.41. The minimum atomic E-state index is -3.31.